The Morgan fingerprint density at radius 3 is 2.30 bits per heavy atom. The molecule has 0 saturated carbocycles. The number of carboxylic acids is 1. The van der Waals surface area contributed by atoms with Crippen molar-refractivity contribution in [2.24, 2.45) is 0 Å². The van der Waals surface area contributed by atoms with Gasteiger partial charge in [-0.05, 0) is 24.3 Å². The normalized spacial score (nSPS) is 10.1. The zero-order valence-corrected chi connectivity index (χ0v) is 9.93. The van der Waals surface area contributed by atoms with Gasteiger partial charge in [0.05, 0.1) is 11.1 Å². The molecule has 0 unspecified atom stereocenters. The lowest BCUT2D eigenvalue weighted by Crippen LogP contribution is -2.18. The Balaban J connectivity index is 2.39. The number of nitrogens with one attached hydrogen (secondary N) is 1. The number of carbonyl (C=O) groups excluding carboxylic acids is 1. The third kappa shape index (κ3) is 2.77. The van der Waals surface area contributed by atoms with Crippen LogP contribution in [0.3, 0.4) is 0 Å². The van der Waals surface area contributed by atoms with Crippen LogP contribution in [0.1, 0.15) is 20.7 Å². The summed E-state index contributed by atoms with van der Waals surface area (Å²) < 4.78 is 26.2. The molecule has 7 heteroatoms. The number of pyridine rings is 1. The number of amides is 1. The van der Waals surface area contributed by atoms with E-state index in [1.807, 2.05) is 0 Å². The first-order valence-corrected chi connectivity index (χ1v) is 5.44. The number of halogens is 2. The van der Waals surface area contributed by atoms with Crippen LogP contribution in [-0.4, -0.2) is 22.0 Å². The molecule has 0 aliphatic carbocycles. The maximum atomic E-state index is 13.2. The van der Waals surface area contributed by atoms with Gasteiger partial charge in [-0.25, -0.2) is 18.6 Å². The zero-order chi connectivity index (χ0) is 14.7. The van der Waals surface area contributed by atoms with E-state index in [4.69, 9.17) is 5.11 Å². The molecule has 0 atom stereocenters. The topological polar surface area (TPSA) is 79.3 Å². The van der Waals surface area contributed by atoms with Crippen LogP contribution in [0, 0.1) is 11.6 Å². The van der Waals surface area contributed by atoms with Crippen molar-refractivity contribution in [1.29, 1.82) is 0 Å². The highest BCUT2D eigenvalue weighted by molar-refractivity contribution is 6.10. The largest absolute Gasteiger partial charge is 0.478 e. The minimum Gasteiger partial charge on any atom is -0.478 e. The molecule has 20 heavy (non-hydrogen) atoms. The third-order valence-electron chi connectivity index (χ3n) is 2.44. The number of hydrogen-bond acceptors (Lipinski definition) is 3. The molecule has 0 aliphatic heterocycles. The molecular formula is C13H8F2N2O3. The van der Waals surface area contributed by atoms with Gasteiger partial charge in [0, 0.05) is 6.20 Å². The second-order valence-corrected chi connectivity index (χ2v) is 3.79. The fourth-order valence-corrected chi connectivity index (χ4v) is 1.53. The van der Waals surface area contributed by atoms with Gasteiger partial charge in [0.1, 0.15) is 5.82 Å². The van der Waals surface area contributed by atoms with Gasteiger partial charge in [0.15, 0.2) is 11.6 Å². The van der Waals surface area contributed by atoms with Crippen molar-refractivity contribution < 1.29 is 23.5 Å². The van der Waals surface area contributed by atoms with Crippen molar-refractivity contribution in [3.8, 4) is 0 Å². The van der Waals surface area contributed by atoms with Gasteiger partial charge in [-0.2, -0.15) is 0 Å². The highest BCUT2D eigenvalue weighted by Gasteiger charge is 2.20. The van der Waals surface area contributed by atoms with Crippen LogP contribution in [0.15, 0.2) is 36.5 Å². The summed E-state index contributed by atoms with van der Waals surface area (Å²) in [6.45, 7) is 0. The molecule has 1 heterocycles. The second kappa shape index (κ2) is 5.43. The van der Waals surface area contributed by atoms with Crippen LogP contribution in [-0.2, 0) is 0 Å². The molecule has 2 aromatic rings. The van der Waals surface area contributed by atoms with Gasteiger partial charge >= 0.3 is 5.97 Å². The summed E-state index contributed by atoms with van der Waals surface area (Å²) in [6, 6.07) is 5.70. The molecule has 0 radical (unpaired) electrons. The number of aromatic carboxylic acids is 1. The molecule has 5 nitrogen and oxygen atoms in total. The Labute approximate surface area is 111 Å². The molecule has 0 spiro atoms. The Morgan fingerprint density at radius 1 is 1.10 bits per heavy atom. The lowest BCUT2D eigenvalue weighted by molar-refractivity contribution is 0.0691. The predicted octanol–water partition coefficient (Wildman–Crippen LogP) is 2.31. The second-order valence-electron chi connectivity index (χ2n) is 3.79. The third-order valence-corrected chi connectivity index (χ3v) is 2.44. The van der Waals surface area contributed by atoms with E-state index in [9.17, 15) is 18.4 Å². The van der Waals surface area contributed by atoms with Crippen LogP contribution in [0.2, 0.25) is 0 Å². The molecule has 1 aromatic heterocycles. The minimum atomic E-state index is -1.53. The molecule has 2 N–H and O–H groups in total. The summed E-state index contributed by atoms with van der Waals surface area (Å²) >= 11 is 0. The van der Waals surface area contributed by atoms with Crippen molar-refractivity contribution in [1.82, 2.24) is 4.98 Å². The van der Waals surface area contributed by atoms with E-state index in [2.05, 4.69) is 10.3 Å². The van der Waals surface area contributed by atoms with Crippen molar-refractivity contribution in [2.45, 2.75) is 0 Å². The van der Waals surface area contributed by atoms with Gasteiger partial charge in [0.25, 0.3) is 5.91 Å². The van der Waals surface area contributed by atoms with Crippen LogP contribution in [0.5, 0.6) is 0 Å². The van der Waals surface area contributed by atoms with E-state index in [1.54, 1.807) is 12.1 Å². The van der Waals surface area contributed by atoms with Crippen molar-refractivity contribution in [3.63, 3.8) is 0 Å². The van der Waals surface area contributed by atoms with E-state index < -0.39 is 34.6 Å². The fourth-order valence-electron chi connectivity index (χ4n) is 1.53. The standard InChI is InChI=1S/C13H8F2N2O3/c14-9-5-7(8(13(19)20)6-10(9)15)12(18)17-11-3-1-2-4-16-11/h1-6H,(H,19,20)(H,16,17,18). The van der Waals surface area contributed by atoms with E-state index in [1.165, 1.54) is 12.3 Å². The maximum Gasteiger partial charge on any atom is 0.336 e. The quantitative estimate of drug-likeness (QED) is 0.903. The van der Waals surface area contributed by atoms with Crippen molar-refractivity contribution in [2.75, 3.05) is 5.32 Å². The molecule has 102 valence electrons. The average molecular weight is 278 g/mol. The first kappa shape index (κ1) is 13.6. The Hall–Kier alpha value is -2.83. The summed E-state index contributed by atoms with van der Waals surface area (Å²) in [6.07, 6.45) is 1.42. The predicted molar refractivity (Wildman–Crippen MR) is 65.5 cm³/mol. The molecule has 1 aromatic carbocycles. The average Bonchev–Trinajstić information content (AvgIpc) is 2.42. The number of carbonyl (C=O) groups is 2. The first-order chi connectivity index (χ1) is 9.49. The summed E-state index contributed by atoms with van der Waals surface area (Å²) in [5.74, 6) is -4.90. The number of nitrogens with zero attached hydrogens (tertiary/aromatic N) is 1. The Morgan fingerprint density at radius 2 is 1.75 bits per heavy atom. The highest BCUT2D eigenvalue weighted by atomic mass is 19.2. The van der Waals surface area contributed by atoms with Crippen molar-refractivity contribution >= 4 is 17.7 Å². The SMILES string of the molecule is O=C(O)c1cc(F)c(F)cc1C(=O)Nc1ccccn1. The molecule has 0 fully saturated rings. The Kier molecular flexibility index (Phi) is 3.69. The fraction of sp³-hybridized carbons (Fsp3) is 0. The molecule has 0 bridgehead atoms. The number of aromatic nitrogens is 1. The minimum absolute atomic E-state index is 0.165. The van der Waals surface area contributed by atoms with Gasteiger partial charge in [-0.15, -0.1) is 0 Å². The summed E-state index contributed by atoms with van der Waals surface area (Å²) in [7, 11) is 0. The van der Waals surface area contributed by atoms with Crippen LogP contribution >= 0.6 is 0 Å². The zero-order valence-electron chi connectivity index (χ0n) is 9.93. The van der Waals surface area contributed by atoms with E-state index in [0.29, 0.717) is 12.1 Å². The molecule has 1 amide bonds. The number of benzene rings is 1. The number of hydrogen-bond donors (Lipinski definition) is 2. The maximum absolute atomic E-state index is 13.2. The van der Waals surface area contributed by atoms with Crippen molar-refractivity contribution in [3.05, 3.63) is 59.3 Å². The van der Waals surface area contributed by atoms with E-state index in [-0.39, 0.29) is 5.82 Å². The summed E-state index contributed by atoms with van der Waals surface area (Å²) in [5, 5.41) is 11.2. The van der Waals surface area contributed by atoms with E-state index >= 15 is 0 Å². The van der Waals surface area contributed by atoms with Crippen LogP contribution in [0.25, 0.3) is 0 Å². The smallest absolute Gasteiger partial charge is 0.336 e. The lowest BCUT2D eigenvalue weighted by atomic mass is 10.1. The highest BCUT2D eigenvalue weighted by Crippen LogP contribution is 2.16. The monoisotopic (exact) mass is 278 g/mol. The van der Waals surface area contributed by atoms with Gasteiger partial charge in [-0.1, -0.05) is 6.07 Å². The Bertz CT molecular complexity index is 675. The molecular weight excluding hydrogens is 270 g/mol. The summed E-state index contributed by atoms with van der Waals surface area (Å²) in [4.78, 5) is 26.7. The number of carboxylic acid groups (broad SMARTS) is 1. The molecule has 0 aliphatic rings. The van der Waals surface area contributed by atoms with E-state index in [0.717, 1.165) is 0 Å². The molecule has 2 rings (SSSR count). The van der Waals surface area contributed by atoms with Crippen LogP contribution in [0.4, 0.5) is 14.6 Å². The van der Waals surface area contributed by atoms with Crippen LogP contribution < -0.4 is 5.32 Å². The first-order valence-electron chi connectivity index (χ1n) is 5.44. The van der Waals surface area contributed by atoms with Gasteiger partial charge in [0.2, 0.25) is 0 Å². The van der Waals surface area contributed by atoms with Gasteiger partial charge in [-0.3, -0.25) is 4.79 Å². The lowest BCUT2D eigenvalue weighted by Gasteiger charge is -2.07. The number of anilines is 1. The summed E-state index contributed by atoms with van der Waals surface area (Å²) in [5.41, 5.74) is -1.11. The van der Waals surface area contributed by atoms with Gasteiger partial charge < -0.3 is 10.4 Å². The number of rotatable bonds is 3. The molecule has 0 saturated heterocycles.